The predicted octanol–water partition coefficient (Wildman–Crippen LogP) is 5.08. The fraction of sp³-hybridized carbons (Fsp3) is 0.333. The number of carbonyl (C=O) groups is 1. The second-order valence-corrected chi connectivity index (χ2v) is 13.1. The zero-order valence-corrected chi connectivity index (χ0v) is 25.2. The molecule has 1 aliphatic carbocycles. The minimum Gasteiger partial charge on any atom is -0.463 e. The van der Waals surface area contributed by atoms with E-state index in [-0.39, 0.29) is 12.2 Å². The molecule has 0 saturated heterocycles. The predicted molar refractivity (Wildman–Crippen MR) is 159 cm³/mol. The average molecular weight is 589 g/mol. The molecule has 0 fully saturated rings. The molecule has 0 N–H and O–H groups in total. The number of carbonyl (C=O) groups excluding carboxylic acids is 1. The van der Waals surface area contributed by atoms with Gasteiger partial charge in [-0.15, -0.1) is 22.7 Å². The maximum Gasteiger partial charge on any atom is 0.338 e. The summed E-state index contributed by atoms with van der Waals surface area (Å²) in [7, 11) is 0. The van der Waals surface area contributed by atoms with E-state index in [1.54, 1.807) is 29.8 Å². The van der Waals surface area contributed by atoms with E-state index in [0.717, 1.165) is 58.1 Å². The number of hydrogen-bond acceptors (Lipinski definition) is 8. The van der Waals surface area contributed by atoms with Gasteiger partial charge in [-0.25, -0.2) is 9.79 Å². The average Bonchev–Trinajstić information content (AvgIpc) is 3.70. The summed E-state index contributed by atoms with van der Waals surface area (Å²) in [5.74, 6) is -0.452. The molecule has 0 radical (unpaired) electrons. The molecule has 1 atom stereocenters. The Labute approximate surface area is 243 Å². The van der Waals surface area contributed by atoms with E-state index < -0.39 is 12.0 Å². The molecule has 2 aliphatic rings. The second kappa shape index (κ2) is 10.5. The maximum absolute atomic E-state index is 13.9. The van der Waals surface area contributed by atoms with Crippen LogP contribution < -0.4 is 14.9 Å². The molecular formula is C30H28N4O3S3. The van der Waals surface area contributed by atoms with Gasteiger partial charge in [0.05, 0.1) is 28.0 Å². The molecule has 4 aromatic rings. The van der Waals surface area contributed by atoms with Crippen molar-refractivity contribution in [2.24, 2.45) is 4.99 Å². The van der Waals surface area contributed by atoms with Gasteiger partial charge in [-0.2, -0.15) is 5.26 Å². The number of aryl methyl sites for hydroxylation is 2. The van der Waals surface area contributed by atoms with E-state index >= 15 is 0 Å². The number of hydrogen-bond donors (Lipinski definition) is 0. The van der Waals surface area contributed by atoms with Gasteiger partial charge >= 0.3 is 5.97 Å². The van der Waals surface area contributed by atoms with Gasteiger partial charge in [0.1, 0.15) is 17.1 Å². The highest BCUT2D eigenvalue weighted by atomic mass is 32.1. The zero-order valence-electron chi connectivity index (χ0n) is 22.7. The Morgan fingerprint density at radius 1 is 1.25 bits per heavy atom. The fourth-order valence-corrected chi connectivity index (χ4v) is 9.03. The maximum atomic E-state index is 13.9. The lowest BCUT2D eigenvalue weighted by Gasteiger charge is -2.23. The number of ether oxygens (including phenoxy) is 1. The van der Waals surface area contributed by atoms with Gasteiger partial charge in [-0.05, 0) is 88.1 Å². The molecule has 0 bridgehead atoms. The van der Waals surface area contributed by atoms with Gasteiger partial charge in [0.2, 0.25) is 0 Å². The molecule has 0 amide bonds. The van der Waals surface area contributed by atoms with Crippen LogP contribution in [0.3, 0.4) is 0 Å². The number of rotatable bonds is 5. The number of nitriles is 1. The first kappa shape index (κ1) is 26.7. The third kappa shape index (κ3) is 4.24. The number of esters is 1. The van der Waals surface area contributed by atoms with Crippen LogP contribution in [0.2, 0.25) is 0 Å². The molecule has 0 spiro atoms. The summed E-state index contributed by atoms with van der Waals surface area (Å²) in [4.78, 5) is 34.4. The Hall–Kier alpha value is -3.52. The summed E-state index contributed by atoms with van der Waals surface area (Å²) in [5, 5.41) is 13.0. The molecule has 40 heavy (non-hydrogen) atoms. The van der Waals surface area contributed by atoms with E-state index in [2.05, 4.69) is 21.7 Å². The third-order valence-electron chi connectivity index (χ3n) is 7.55. The lowest BCUT2D eigenvalue weighted by atomic mass is 9.96. The second-order valence-electron chi connectivity index (χ2n) is 9.98. The first-order chi connectivity index (χ1) is 19.3. The number of thiophene rings is 2. The number of nitrogens with zero attached hydrogens (tertiary/aromatic N) is 4. The zero-order chi connectivity index (χ0) is 28.1. The summed E-state index contributed by atoms with van der Waals surface area (Å²) in [6, 6.07) is 7.82. The Morgan fingerprint density at radius 3 is 2.77 bits per heavy atom. The molecule has 5 heterocycles. The lowest BCUT2D eigenvalue weighted by Crippen LogP contribution is -2.39. The molecule has 7 nitrogen and oxygen atoms in total. The third-order valence-corrected chi connectivity index (χ3v) is 10.7. The first-order valence-corrected chi connectivity index (χ1v) is 15.8. The Bertz CT molecular complexity index is 1910. The quantitative estimate of drug-likeness (QED) is 0.304. The van der Waals surface area contributed by atoms with E-state index in [4.69, 9.17) is 4.74 Å². The molecule has 204 valence electrons. The largest absolute Gasteiger partial charge is 0.463 e. The Balaban J connectivity index is 1.50. The smallest absolute Gasteiger partial charge is 0.338 e. The van der Waals surface area contributed by atoms with Crippen LogP contribution in [0.5, 0.6) is 0 Å². The van der Waals surface area contributed by atoms with Gasteiger partial charge in [0, 0.05) is 21.1 Å². The summed E-state index contributed by atoms with van der Waals surface area (Å²) >= 11 is 4.54. The molecule has 0 unspecified atom stereocenters. The van der Waals surface area contributed by atoms with Crippen molar-refractivity contribution in [1.29, 1.82) is 5.26 Å². The highest BCUT2D eigenvalue weighted by Crippen LogP contribution is 2.38. The Kier molecular flexibility index (Phi) is 6.98. The molecule has 6 rings (SSSR count). The van der Waals surface area contributed by atoms with Gasteiger partial charge < -0.3 is 9.30 Å². The number of fused-ring (bicyclic) bond motifs is 2. The highest BCUT2D eigenvalue weighted by Gasteiger charge is 2.34. The van der Waals surface area contributed by atoms with E-state index in [1.807, 2.05) is 37.4 Å². The number of allylic oxidation sites excluding steroid dienone is 1. The van der Waals surface area contributed by atoms with Crippen molar-refractivity contribution in [3.05, 3.63) is 92.4 Å². The van der Waals surface area contributed by atoms with E-state index in [0.29, 0.717) is 20.6 Å². The lowest BCUT2D eigenvalue weighted by molar-refractivity contribution is -0.139. The SMILES string of the molecule is CCOC(=O)C1=C(C)N=c2s/c(=C/c3cc(C)n(-c4sc5c(c4C#N)CCCC5)c3C)c(=O)n2[C@@H]1c1cccs1. The van der Waals surface area contributed by atoms with Crippen molar-refractivity contribution in [3.8, 4) is 11.1 Å². The molecule has 0 aromatic carbocycles. The molecule has 4 aromatic heterocycles. The van der Waals surface area contributed by atoms with Crippen LogP contribution in [0, 0.1) is 25.2 Å². The highest BCUT2D eigenvalue weighted by molar-refractivity contribution is 7.15. The van der Waals surface area contributed by atoms with Crippen LogP contribution in [0.15, 0.2) is 44.6 Å². The summed E-state index contributed by atoms with van der Waals surface area (Å²) < 4.78 is 9.69. The van der Waals surface area contributed by atoms with Crippen LogP contribution in [-0.2, 0) is 22.4 Å². The molecule has 0 saturated carbocycles. The van der Waals surface area contributed by atoms with Crippen LogP contribution >= 0.6 is 34.0 Å². The number of thiazole rings is 1. The van der Waals surface area contributed by atoms with Crippen LogP contribution in [0.25, 0.3) is 11.1 Å². The number of aromatic nitrogens is 2. The monoisotopic (exact) mass is 588 g/mol. The summed E-state index contributed by atoms with van der Waals surface area (Å²) in [5.41, 5.74) is 5.68. The van der Waals surface area contributed by atoms with Gasteiger partial charge in [-0.1, -0.05) is 17.4 Å². The van der Waals surface area contributed by atoms with E-state index in [1.165, 1.54) is 33.1 Å². The minimum atomic E-state index is -0.583. The van der Waals surface area contributed by atoms with Gasteiger partial charge in [-0.3, -0.25) is 9.36 Å². The molecule has 1 aliphatic heterocycles. The van der Waals surface area contributed by atoms with Crippen LogP contribution in [-0.4, -0.2) is 21.7 Å². The summed E-state index contributed by atoms with van der Waals surface area (Å²) in [6.45, 7) is 7.88. The molecule has 10 heteroatoms. The standard InChI is InChI=1S/C30H28N4O3S3/c1-5-37-29(36)25-17(3)32-30-34(26(25)23-11-8-12-38-23)27(35)24(40-30)14-19-13-16(2)33(18(19)4)28-21(15-31)20-9-6-7-10-22(20)39-28/h8,11-14,26H,5-7,9-10H2,1-4H3/b24-14+/t26-/m1/s1. The van der Waals surface area contributed by atoms with Crippen LogP contribution in [0.1, 0.15) is 70.6 Å². The van der Waals surface area contributed by atoms with Gasteiger partial charge in [0.15, 0.2) is 4.80 Å². The first-order valence-electron chi connectivity index (χ1n) is 13.3. The minimum absolute atomic E-state index is 0.189. The topological polar surface area (TPSA) is 89.4 Å². The molecular weight excluding hydrogens is 561 g/mol. The van der Waals surface area contributed by atoms with Crippen molar-refractivity contribution >= 4 is 46.1 Å². The summed E-state index contributed by atoms with van der Waals surface area (Å²) in [6.07, 6.45) is 6.19. The van der Waals surface area contributed by atoms with Crippen molar-refractivity contribution in [1.82, 2.24) is 9.13 Å². The normalized spacial score (nSPS) is 16.9. The van der Waals surface area contributed by atoms with E-state index in [9.17, 15) is 14.9 Å². The van der Waals surface area contributed by atoms with Crippen molar-refractivity contribution < 1.29 is 9.53 Å². The van der Waals surface area contributed by atoms with Crippen molar-refractivity contribution in [2.75, 3.05) is 6.61 Å². The van der Waals surface area contributed by atoms with Gasteiger partial charge in [0.25, 0.3) is 5.56 Å². The van der Waals surface area contributed by atoms with Crippen molar-refractivity contribution in [2.45, 2.75) is 59.4 Å². The van der Waals surface area contributed by atoms with Crippen LogP contribution in [0.4, 0.5) is 0 Å². The van der Waals surface area contributed by atoms with Crippen molar-refractivity contribution in [3.63, 3.8) is 0 Å². The fourth-order valence-electron chi connectivity index (χ4n) is 5.72. The Morgan fingerprint density at radius 2 is 2.05 bits per heavy atom.